The number of nitrogens with one attached hydrogen (secondary N) is 2. The largest absolute Gasteiger partial charge is 0.453 e. The Morgan fingerprint density at radius 3 is 2.57 bits per heavy atom. The molecule has 14 heteroatoms. The number of thiophene rings is 1. The van der Waals surface area contributed by atoms with Gasteiger partial charge in [-0.1, -0.05) is 11.3 Å². The molecule has 0 spiro atoms. The SMILES string of the molecule is COC(=O)Nc1nc(C)c(S(=O)(=O)N2CCN(CC(C)Nc3nc(C)nc4c(C)csc34)CC2)s1. The minimum atomic E-state index is -3.70. The Balaban J connectivity index is 1.36. The van der Waals surface area contributed by atoms with E-state index in [-0.39, 0.29) is 15.4 Å². The number of rotatable bonds is 7. The van der Waals surface area contributed by atoms with Gasteiger partial charge in [-0.3, -0.25) is 10.2 Å². The minimum absolute atomic E-state index is 0.119. The summed E-state index contributed by atoms with van der Waals surface area (Å²) >= 11 is 2.57. The Morgan fingerprint density at radius 2 is 1.89 bits per heavy atom. The molecule has 1 aliphatic rings. The monoisotopic (exact) mass is 539 g/mol. The molecular weight excluding hydrogens is 510 g/mol. The molecular formula is C21H29N7O4S3. The molecule has 4 heterocycles. The van der Waals surface area contributed by atoms with Crippen molar-refractivity contribution in [3.63, 3.8) is 0 Å². The summed E-state index contributed by atoms with van der Waals surface area (Å²) in [6.07, 6.45) is -0.689. The van der Waals surface area contributed by atoms with E-state index in [0.29, 0.717) is 31.9 Å². The zero-order valence-electron chi connectivity index (χ0n) is 20.3. The summed E-state index contributed by atoms with van der Waals surface area (Å²) in [5, 5.41) is 8.24. The maximum Gasteiger partial charge on any atom is 0.413 e. The quantitative estimate of drug-likeness (QED) is 0.465. The highest BCUT2D eigenvalue weighted by Crippen LogP contribution is 2.31. The number of hydrogen-bond acceptors (Lipinski definition) is 11. The first-order valence-electron chi connectivity index (χ1n) is 11.1. The van der Waals surface area contributed by atoms with E-state index in [9.17, 15) is 13.2 Å². The highest BCUT2D eigenvalue weighted by Gasteiger charge is 2.32. The van der Waals surface area contributed by atoms with Crippen molar-refractivity contribution in [2.45, 2.75) is 37.9 Å². The number of hydrogen-bond donors (Lipinski definition) is 2. The van der Waals surface area contributed by atoms with Gasteiger partial charge < -0.3 is 10.1 Å². The van der Waals surface area contributed by atoms with Crippen molar-refractivity contribution >= 4 is 60.0 Å². The first-order valence-corrected chi connectivity index (χ1v) is 14.3. The van der Waals surface area contributed by atoms with Gasteiger partial charge in [0, 0.05) is 38.8 Å². The van der Waals surface area contributed by atoms with Crippen molar-refractivity contribution in [1.82, 2.24) is 24.2 Å². The maximum absolute atomic E-state index is 13.2. The summed E-state index contributed by atoms with van der Waals surface area (Å²) in [5.74, 6) is 1.58. The number of nitrogens with zero attached hydrogens (tertiary/aromatic N) is 5. The topological polar surface area (TPSA) is 130 Å². The second-order valence-electron chi connectivity index (χ2n) is 8.47. The smallest absolute Gasteiger partial charge is 0.413 e. The molecule has 0 bridgehead atoms. The van der Waals surface area contributed by atoms with Crippen LogP contribution in [-0.2, 0) is 14.8 Å². The van der Waals surface area contributed by atoms with E-state index in [4.69, 9.17) is 0 Å². The molecule has 11 nitrogen and oxygen atoms in total. The third-order valence-corrected chi connectivity index (χ3v) is 10.3. The van der Waals surface area contributed by atoms with E-state index < -0.39 is 16.1 Å². The molecule has 3 aromatic heterocycles. The van der Waals surface area contributed by atoms with Gasteiger partial charge in [-0.25, -0.2) is 28.2 Å². The molecule has 2 N–H and O–H groups in total. The number of thiazole rings is 1. The number of ether oxygens (including phenoxy) is 1. The molecule has 0 aromatic carbocycles. The molecule has 0 radical (unpaired) electrons. The fourth-order valence-corrected chi connectivity index (χ4v) is 7.89. The van der Waals surface area contributed by atoms with Gasteiger partial charge in [-0.15, -0.1) is 11.3 Å². The summed E-state index contributed by atoms with van der Waals surface area (Å²) in [6.45, 7) is 10.4. The Labute approximate surface area is 212 Å². The number of sulfonamides is 1. The Bertz CT molecular complexity index is 1330. The highest BCUT2D eigenvalue weighted by molar-refractivity contribution is 7.91. The van der Waals surface area contributed by atoms with E-state index in [1.807, 2.05) is 6.92 Å². The van der Waals surface area contributed by atoms with Gasteiger partial charge in [0.1, 0.15) is 11.6 Å². The van der Waals surface area contributed by atoms with Gasteiger partial charge in [0.05, 0.1) is 23.0 Å². The molecule has 0 saturated carbocycles. The summed E-state index contributed by atoms with van der Waals surface area (Å²) in [7, 11) is -2.46. The number of piperazine rings is 1. The fraction of sp³-hybridized carbons (Fsp3) is 0.524. The average molecular weight is 540 g/mol. The van der Waals surface area contributed by atoms with Crippen LogP contribution >= 0.6 is 22.7 Å². The molecule has 1 amide bonds. The summed E-state index contributed by atoms with van der Waals surface area (Å²) in [5.41, 5.74) is 2.49. The van der Waals surface area contributed by atoms with E-state index in [2.05, 4.69) is 54.4 Å². The van der Waals surface area contributed by atoms with Crippen molar-refractivity contribution in [2.75, 3.05) is 50.5 Å². The third kappa shape index (κ3) is 5.56. The van der Waals surface area contributed by atoms with Gasteiger partial charge in [0.2, 0.25) is 0 Å². The van der Waals surface area contributed by atoms with Gasteiger partial charge in [-0.2, -0.15) is 4.31 Å². The number of amides is 1. The number of fused-ring (bicyclic) bond motifs is 1. The summed E-state index contributed by atoms with van der Waals surface area (Å²) in [6, 6.07) is 0.119. The van der Waals surface area contributed by atoms with Crippen LogP contribution in [0.2, 0.25) is 0 Å². The molecule has 190 valence electrons. The zero-order valence-corrected chi connectivity index (χ0v) is 22.7. The van der Waals surface area contributed by atoms with E-state index in [1.54, 1.807) is 18.3 Å². The van der Waals surface area contributed by atoms with Gasteiger partial charge >= 0.3 is 6.09 Å². The Hall–Kier alpha value is -2.39. The second-order valence-corrected chi connectivity index (χ2v) is 12.5. The number of anilines is 2. The molecule has 1 fully saturated rings. The lowest BCUT2D eigenvalue weighted by atomic mass is 10.2. The standard InChI is InChI=1S/C21H29N7O4S3/c1-12-11-33-17-16(12)24-15(4)25-18(17)22-13(2)10-27-6-8-28(9-7-27)35(30,31)19-14(3)23-20(34-19)26-21(29)32-5/h11,13H,6-10H2,1-5H3,(H,22,24,25)(H,23,26,29). The van der Waals surface area contributed by atoms with Crippen LogP contribution in [-0.4, -0.2) is 84.5 Å². The molecule has 1 atom stereocenters. The van der Waals surface area contributed by atoms with Gasteiger partial charge in [0.15, 0.2) is 9.34 Å². The van der Waals surface area contributed by atoms with Crippen LogP contribution in [0.3, 0.4) is 0 Å². The van der Waals surface area contributed by atoms with Crippen LogP contribution in [0, 0.1) is 20.8 Å². The lowest BCUT2D eigenvalue weighted by Gasteiger charge is -2.35. The predicted octanol–water partition coefficient (Wildman–Crippen LogP) is 3.06. The normalized spacial score (nSPS) is 16.4. The number of carbonyl (C=O) groups is 1. The zero-order chi connectivity index (χ0) is 25.3. The van der Waals surface area contributed by atoms with Crippen molar-refractivity contribution in [2.24, 2.45) is 0 Å². The molecule has 1 aliphatic heterocycles. The van der Waals surface area contributed by atoms with Gasteiger partial charge in [-0.05, 0) is 38.6 Å². The second kappa shape index (κ2) is 10.3. The molecule has 1 saturated heterocycles. The summed E-state index contributed by atoms with van der Waals surface area (Å²) < 4.78 is 33.7. The van der Waals surface area contributed by atoms with Crippen LogP contribution in [0.15, 0.2) is 9.59 Å². The number of aryl methyl sites for hydroxylation is 3. The molecule has 0 aliphatic carbocycles. The van der Waals surface area contributed by atoms with Crippen molar-refractivity contribution in [3.05, 3.63) is 22.5 Å². The molecule has 1 unspecified atom stereocenters. The fourth-order valence-electron chi connectivity index (χ4n) is 3.99. The number of carbonyl (C=O) groups excluding carboxylic acids is 1. The van der Waals surface area contributed by atoms with E-state index in [1.165, 1.54) is 11.4 Å². The lowest BCUT2D eigenvalue weighted by Crippen LogP contribution is -2.50. The van der Waals surface area contributed by atoms with Crippen LogP contribution in [0.1, 0.15) is 24.0 Å². The molecule has 35 heavy (non-hydrogen) atoms. The number of methoxy groups -OCH3 is 1. The van der Waals surface area contributed by atoms with E-state index >= 15 is 0 Å². The van der Waals surface area contributed by atoms with Crippen LogP contribution in [0.25, 0.3) is 10.2 Å². The van der Waals surface area contributed by atoms with Crippen LogP contribution in [0.4, 0.5) is 15.7 Å². The molecule has 4 rings (SSSR count). The van der Waals surface area contributed by atoms with Crippen molar-refractivity contribution < 1.29 is 17.9 Å². The van der Waals surface area contributed by atoms with Gasteiger partial charge in [0.25, 0.3) is 10.0 Å². The summed E-state index contributed by atoms with van der Waals surface area (Å²) in [4.78, 5) is 27.0. The Morgan fingerprint density at radius 1 is 1.17 bits per heavy atom. The van der Waals surface area contributed by atoms with Crippen LogP contribution in [0.5, 0.6) is 0 Å². The minimum Gasteiger partial charge on any atom is -0.453 e. The first kappa shape index (κ1) is 25.7. The number of aromatic nitrogens is 3. The van der Waals surface area contributed by atoms with Crippen LogP contribution < -0.4 is 10.6 Å². The third-order valence-electron chi connectivity index (χ3n) is 5.67. The maximum atomic E-state index is 13.2. The highest BCUT2D eigenvalue weighted by atomic mass is 32.2. The van der Waals surface area contributed by atoms with Crippen molar-refractivity contribution in [3.8, 4) is 0 Å². The lowest BCUT2D eigenvalue weighted by molar-refractivity contribution is 0.184. The average Bonchev–Trinajstić information content (AvgIpc) is 3.36. The van der Waals surface area contributed by atoms with E-state index in [0.717, 1.165) is 45.3 Å². The Kier molecular flexibility index (Phi) is 7.57. The predicted molar refractivity (Wildman–Crippen MR) is 138 cm³/mol. The van der Waals surface area contributed by atoms with Crippen molar-refractivity contribution in [1.29, 1.82) is 0 Å². The first-order chi connectivity index (χ1) is 16.6. The molecule has 3 aromatic rings.